The van der Waals surface area contributed by atoms with Crippen molar-refractivity contribution in [2.75, 3.05) is 0 Å². The molecule has 64 valence electrons. The maximum Gasteiger partial charge on any atom is 0.0666 e. The predicted octanol–water partition coefficient (Wildman–Crippen LogP) is 2.19. The summed E-state index contributed by atoms with van der Waals surface area (Å²) in [6.07, 6.45) is 5.73. The Bertz CT molecular complexity index is 146. The van der Waals surface area contributed by atoms with Crippen molar-refractivity contribution in [1.29, 1.82) is 0 Å². The normalized spacial score (nSPS) is 49.6. The molecule has 0 aliphatic carbocycles. The van der Waals surface area contributed by atoms with E-state index in [1.807, 2.05) is 0 Å². The second-order valence-electron chi connectivity index (χ2n) is 3.94. The molecule has 2 fully saturated rings. The maximum absolute atomic E-state index is 10.0. The van der Waals surface area contributed by atoms with Crippen LogP contribution in [0, 0.1) is 0 Å². The molecule has 2 aliphatic heterocycles. The first-order chi connectivity index (χ1) is 5.22. The minimum atomic E-state index is -0.295. The molecule has 2 saturated heterocycles. The first kappa shape index (κ1) is 7.93. The molecule has 2 aliphatic rings. The van der Waals surface area contributed by atoms with Crippen molar-refractivity contribution in [3.63, 3.8) is 0 Å². The molecule has 2 rings (SSSR count). The second-order valence-corrected chi connectivity index (χ2v) is 5.55. The van der Waals surface area contributed by atoms with Crippen molar-refractivity contribution in [3.05, 3.63) is 0 Å². The molecule has 2 atom stereocenters. The standard InChI is InChI=1S/C9H16OS/c1-2-9(10)5-7-3-4-8(6-9)11-7/h7-8,10H,2-6H2,1H3. The van der Waals surface area contributed by atoms with E-state index in [1.165, 1.54) is 12.8 Å². The van der Waals surface area contributed by atoms with Crippen LogP contribution in [0.4, 0.5) is 0 Å². The highest BCUT2D eigenvalue weighted by Gasteiger charge is 2.41. The number of aliphatic hydroxyl groups is 1. The quantitative estimate of drug-likeness (QED) is 0.654. The summed E-state index contributed by atoms with van der Waals surface area (Å²) in [7, 11) is 0. The van der Waals surface area contributed by atoms with E-state index in [4.69, 9.17) is 0 Å². The third-order valence-corrected chi connectivity index (χ3v) is 4.64. The summed E-state index contributed by atoms with van der Waals surface area (Å²) in [5.41, 5.74) is -0.295. The lowest BCUT2D eigenvalue weighted by Crippen LogP contribution is -2.36. The van der Waals surface area contributed by atoms with Crippen LogP contribution in [-0.2, 0) is 0 Å². The zero-order valence-electron chi connectivity index (χ0n) is 7.05. The largest absolute Gasteiger partial charge is 0.390 e. The van der Waals surface area contributed by atoms with Gasteiger partial charge in [0.25, 0.3) is 0 Å². The van der Waals surface area contributed by atoms with Crippen molar-refractivity contribution in [2.45, 2.75) is 55.1 Å². The minimum absolute atomic E-state index is 0.295. The second kappa shape index (κ2) is 2.67. The number of fused-ring (bicyclic) bond motifs is 2. The Balaban J connectivity index is 2.07. The average Bonchev–Trinajstić information content (AvgIpc) is 2.31. The van der Waals surface area contributed by atoms with Gasteiger partial charge in [0.2, 0.25) is 0 Å². The molecule has 2 heterocycles. The summed E-state index contributed by atoms with van der Waals surface area (Å²) in [4.78, 5) is 0. The highest BCUT2D eigenvalue weighted by molar-refractivity contribution is 8.00. The first-order valence-electron chi connectivity index (χ1n) is 4.60. The molecule has 0 saturated carbocycles. The van der Waals surface area contributed by atoms with Crippen molar-refractivity contribution >= 4 is 11.8 Å². The lowest BCUT2D eigenvalue weighted by atomic mass is 9.91. The highest BCUT2D eigenvalue weighted by Crippen LogP contribution is 2.48. The predicted molar refractivity (Wildman–Crippen MR) is 48.9 cm³/mol. The van der Waals surface area contributed by atoms with Gasteiger partial charge in [0.1, 0.15) is 0 Å². The summed E-state index contributed by atoms with van der Waals surface area (Å²) in [6.45, 7) is 2.11. The van der Waals surface area contributed by atoms with E-state index in [2.05, 4.69) is 18.7 Å². The van der Waals surface area contributed by atoms with E-state index in [1.54, 1.807) is 0 Å². The van der Waals surface area contributed by atoms with Gasteiger partial charge in [0.15, 0.2) is 0 Å². The minimum Gasteiger partial charge on any atom is -0.390 e. The summed E-state index contributed by atoms with van der Waals surface area (Å²) >= 11 is 2.11. The molecule has 0 aromatic heterocycles. The zero-order chi connectivity index (χ0) is 7.90. The molecular formula is C9H16OS. The maximum atomic E-state index is 10.0. The molecule has 2 heteroatoms. The molecule has 0 spiro atoms. The summed E-state index contributed by atoms with van der Waals surface area (Å²) in [5.74, 6) is 0. The van der Waals surface area contributed by atoms with E-state index < -0.39 is 0 Å². The van der Waals surface area contributed by atoms with Gasteiger partial charge in [0, 0.05) is 10.5 Å². The fourth-order valence-corrected chi connectivity index (χ4v) is 4.20. The van der Waals surface area contributed by atoms with Gasteiger partial charge in [-0.1, -0.05) is 6.92 Å². The Hall–Kier alpha value is 0.310. The molecule has 2 bridgehead atoms. The topological polar surface area (TPSA) is 20.2 Å². The lowest BCUT2D eigenvalue weighted by Gasteiger charge is -2.35. The first-order valence-corrected chi connectivity index (χ1v) is 5.54. The van der Waals surface area contributed by atoms with Crippen LogP contribution in [0.25, 0.3) is 0 Å². The van der Waals surface area contributed by atoms with Crippen molar-refractivity contribution < 1.29 is 5.11 Å². The molecule has 1 N–H and O–H groups in total. The fourth-order valence-electron chi connectivity index (χ4n) is 2.30. The Morgan fingerprint density at radius 3 is 2.36 bits per heavy atom. The molecule has 0 aromatic rings. The van der Waals surface area contributed by atoms with Crippen LogP contribution < -0.4 is 0 Å². The fraction of sp³-hybridized carbons (Fsp3) is 1.00. The third-order valence-electron chi connectivity index (χ3n) is 3.07. The van der Waals surface area contributed by atoms with E-state index in [9.17, 15) is 5.11 Å². The van der Waals surface area contributed by atoms with E-state index in [-0.39, 0.29) is 5.60 Å². The van der Waals surface area contributed by atoms with Crippen LogP contribution in [-0.4, -0.2) is 21.2 Å². The van der Waals surface area contributed by atoms with Gasteiger partial charge in [-0.05, 0) is 32.1 Å². The van der Waals surface area contributed by atoms with Crippen molar-refractivity contribution in [3.8, 4) is 0 Å². The monoisotopic (exact) mass is 172 g/mol. The summed E-state index contributed by atoms with van der Waals surface area (Å²) in [6, 6.07) is 0. The summed E-state index contributed by atoms with van der Waals surface area (Å²) < 4.78 is 0. The van der Waals surface area contributed by atoms with Crippen LogP contribution >= 0.6 is 11.8 Å². The smallest absolute Gasteiger partial charge is 0.0666 e. The highest BCUT2D eigenvalue weighted by atomic mass is 32.2. The lowest BCUT2D eigenvalue weighted by molar-refractivity contribution is 0.0201. The van der Waals surface area contributed by atoms with Gasteiger partial charge >= 0.3 is 0 Å². The van der Waals surface area contributed by atoms with Gasteiger partial charge < -0.3 is 5.11 Å². The number of thioether (sulfide) groups is 1. The molecule has 2 unspecified atom stereocenters. The van der Waals surface area contributed by atoms with Crippen molar-refractivity contribution in [2.24, 2.45) is 0 Å². The van der Waals surface area contributed by atoms with E-state index >= 15 is 0 Å². The Labute approximate surface area is 72.6 Å². The van der Waals surface area contributed by atoms with Crippen LogP contribution in [0.5, 0.6) is 0 Å². The SMILES string of the molecule is CCC1(O)CC2CCC(C1)S2. The Kier molecular flexibility index (Phi) is 1.92. The molecule has 1 nitrogen and oxygen atoms in total. The average molecular weight is 172 g/mol. The zero-order valence-corrected chi connectivity index (χ0v) is 7.86. The molecule has 0 aromatic carbocycles. The van der Waals surface area contributed by atoms with Gasteiger partial charge in [-0.15, -0.1) is 0 Å². The molecule has 0 radical (unpaired) electrons. The Morgan fingerprint density at radius 1 is 1.36 bits per heavy atom. The number of rotatable bonds is 1. The van der Waals surface area contributed by atoms with Gasteiger partial charge in [0.05, 0.1) is 5.60 Å². The van der Waals surface area contributed by atoms with E-state index in [0.717, 1.165) is 29.8 Å². The molecular weight excluding hydrogens is 156 g/mol. The van der Waals surface area contributed by atoms with Crippen LogP contribution in [0.3, 0.4) is 0 Å². The number of hydrogen-bond acceptors (Lipinski definition) is 2. The van der Waals surface area contributed by atoms with Crippen molar-refractivity contribution in [1.82, 2.24) is 0 Å². The van der Waals surface area contributed by atoms with Crippen LogP contribution in [0.15, 0.2) is 0 Å². The Morgan fingerprint density at radius 2 is 1.91 bits per heavy atom. The van der Waals surface area contributed by atoms with E-state index in [0.29, 0.717) is 0 Å². The number of hydrogen-bond donors (Lipinski definition) is 1. The van der Waals surface area contributed by atoms with Gasteiger partial charge in [-0.2, -0.15) is 11.8 Å². The van der Waals surface area contributed by atoms with Gasteiger partial charge in [-0.25, -0.2) is 0 Å². The van der Waals surface area contributed by atoms with Crippen LogP contribution in [0.2, 0.25) is 0 Å². The molecule has 11 heavy (non-hydrogen) atoms. The van der Waals surface area contributed by atoms with Gasteiger partial charge in [-0.3, -0.25) is 0 Å². The van der Waals surface area contributed by atoms with Crippen LogP contribution in [0.1, 0.15) is 39.0 Å². The molecule has 0 amide bonds. The summed E-state index contributed by atoms with van der Waals surface area (Å²) in [5, 5.41) is 11.6. The third kappa shape index (κ3) is 1.43.